The van der Waals surface area contributed by atoms with Crippen LogP contribution in [0.2, 0.25) is 0 Å². The molecule has 1 aromatic heterocycles. The van der Waals surface area contributed by atoms with Gasteiger partial charge in [-0.3, -0.25) is 9.59 Å². The van der Waals surface area contributed by atoms with Gasteiger partial charge in [0, 0.05) is 16.7 Å². The molecule has 0 atom stereocenters. The zero-order valence-electron chi connectivity index (χ0n) is 12.3. The Kier molecular flexibility index (Phi) is 2.91. The number of furan rings is 1. The molecule has 112 valence electrons. The van der Waals surface area contributed by atoms with Gasteiger partial charge in [-0.15, -0.1) is 0 Å². The Bertz CT molecular complexity index is 880. The highest BCUT2D eigenvalue weighted by Gasteiger charge is 2.33. The average Bonchev–Trinajstić information content (AvgIpc) is 3.05. The molecule has 0 aliphatic heterocycles. The molecule has 0 amide bonds. The van der Waals surface area contributed by atoms with Crippen molar-refractivity contribution < 1.29 is 18.7 Å². The molecule has 4 heteroatoms. The van der Waals surface area contributed by atoms with Crippen molar-refractivity contribution in [2.24, 2.45) is 0 Å². The maximum atomic E-state index is 12.6. The van der Waals surface area contributed by atoms with Gasteiger partial charge in [0.25, 0.3) is 0 Å². The first-order chi connectivity index (χ1) is 11.2. The van der Waals surface area contributed by atoms with Crippen molar-refractivity contribution in [3.05, 3.63) is 77.0 Å². The number of hydrogen-bond acceptors (Lipinski definition) is 4. The van der Waals surface area contributed by atoms with Crippen LogP contribution in [0.3, 0.4) is 0 Å². The van der Waals surface area contributed by atoms with E-state index in [1.807, 2.05) is 12.1 Å². The molecule has 0 radical (unpaired) electrons. The van der Waals surface area contributed by atoms with Crippen LogP contribution in [-0.4, -0.2) is 18.7 Å². The van der Waals surface area contributed by atoms with Crippen molar-refractivity contribution in [1.82, 2.24) is 0 Å². The normalized spacial score (nSPS) is 12.7. The standard InChI is InChI=1S/C19H12O4/c1-22-12-8-6-11(7-9-12)16-10-15-17(20)13-4-2-3-5-14(13)18(21)19(15)23-16/h2-10H,1H3. The number of hydrogen-bond donors (Lipinski definition) is 0. The van der Waals surface area contributed by atoms with Crippen LogP contribution < -0.4 is 4.74 Å². The van der Waals surface area contributed by atoms with Gasteiger partial charge in [-0.1, -0.05) is 24.3 Å². The fraction of sp³-hybridized carbons (Fsp3) is 0.0526. The molecule has 3 aromatic rings. The van der Waals surface area contributed by atoms with Gasteiger partial charge in [0.15, 0.2) is 11.5 Å². The molecule has 0 saturated heterocycles. The van der Waals surface area contributed by atoms with E-state index < -0.39 is 0 Å². The van der Waals surface area contributed by atoms with Gasteiger partial charge >= 0.3 is 0 Å². The third-order valence-corrected chi connectivity index (χ3v) is 3.97. The van der Waals surface area contributed by atoms with E-state index in [-0.39, 0.29) is 17.3 Å². The van der Waals surface area contributed by atoms with Crippen LogP contribution in [0.4, 0.5) is 0 Å². The van der Waals surface area contributed by atoms with Gasteiger partial charge in [0.1, 0.15) is 11.5 Å². The number of fused-ring (bicyclic) bond motifs is 2. The summed E-state index contributed by atoms with van der Waals surface area (Å²) in [4.78, 5) is 25.1. The molecular formula is C19H12O4. The third kappa shape index (κ3) is 1.99. The summed E-state index contributed by atoms with van der Waals surface area (Å²) in [7, 11) is 1.59. The van der Waals surface area contributed by atoms with E-state index in [2.05, 4.69) is 0 Å². The van der Waals surface area contributed by atoms with E-state index in [1.54, 1.807) is 49.6 Å². The van der Waals surface area contributed by atoms with E-state index in [1.165, 1.54) is 0 Å². The van der Waals surface area contributed by atoms with Gasteiger partial charge in [-0.25, -0.2) is 0 Å². The summed E-state index contributed by atoms with van der Waals surface area (Å²) < 4.78 is 10.8. The van der Waals surface area contributed by atoms with Crippen LogP contribution in [0.5, 0.6) is 5.75 Å². The number of methoxy groups -OCH3 is 1. The van der Waals surface area contributed by atoms with Crippen molar-refractivity contribution in [3.8, 4) is 17.1 Å². The fourth-order valence-corrected chi connectivity index (χ4v) is 2.77. The first-order valence-corrected chi connectivity index (χ1v) is 7.15. The second-order valence-corrected chi connectivity index (χ2v) is 5.29. The van der Waals surface area contributed by atoms with Crippen molar-refractivity contribution in [1.29, 1.82) is 0 Å². The highest BCUT2D eigenvalue weighted by Crippen LogP contribution is 2.33. The Morgan fingerprint density at radius 2 is 1.48 bits per heavy atom. The molecule has 0 spiro atoms. The molecule has 1 aliphatic carbocycles. The fourth-order valence-electron chi connectivity index (χ4n) is 2.77. The van der Waals surface area contributed by atoms with Crippen molar-refractivity contribution in [2.45, 2.75) is 0 Å². The van der Waals surface area contributed by atoms with Crippen molar-refractivity contribution in [3.63, 3.8) is 0 Å². The predicted octanol–water partition coefficient (Wildman–Crippen LogP) is 3.73. The number of carbonyl (C=O) groups excluding carboxylic acids is 2. The molecule has 0 N–H and O–H groups in total. The molecule has 1 heterocycles. The summed E-state index contributed by atoms with van der Waals surface area (Å²) in [5, 5.41) is 0. The Morgan fingerprint density at radius 3 is 2.13 bits per heavy atom. The second-order valence-electron chi connectivity index (χ2n) is 5.29. The van der Waals surface area contributed by atoms with Crippen LogP contribution in [0.15, 0.2) is 59.0 Å². The third-order valence-electron chi connectivity index (χ3n) is 3.97. The maximum absolute atomic E-state index is 12.6. The Balaban J connectivity index is 1.83. The lowest BCUT2D eigenvalue weighted by molar-refractivity contribution is 0.0961. The predicted molar refractivity (Wildman–Crippen MR) is 84.0 cm³/mol. The number of carbonyl (C=O) groups is 2. The molecule has 0 bridgehead atoms. The Labute approximate surface area is 132 Å². The summed E-state index contributed by atoms with van der Waals surface area (Å²) in [6.07, 6.45) is 0. The maximum Gasteiger partial charge on any atom is 0.229 e. The lowest BCUT2D eigenvalue weighted by Gasteiger charge is -2.11. The molecule has 23 heavy (non-hydrogen) atoms. The zero-order chi connectivity index (χ0) is 16.0. The minimum atomic E-state index is -0.255. The molecule has 4 nitrogen and oxygen atoms in total. The molecule has 0 saturated carbocycles. The molecule has 0 unspecified atom stereocenters. The number of rotatable bonds is 2. The summed E-state index contributed by atoms with van der Waals surface area (Å²) in [6, 6.07) is 15.7. The summed E-state index contributed by atoms with van der Waals surface area (Å²) in [5.41, 5.74) is 1.91. The van der Waals surface area contributed by atoms with Crippen LogP contribution in [0.1, 0.15) is 32.0 Å². The van der Waals surface area contributed by atoms with Crippen LogP contribution in [0.25, 0.3) is 11.3 Å². The molecule has 2 aromatic carbocycles. The van der Waals surface area contributed by atoms with Gasteiger partial charge in [-0.05, 0) is 30.3 Å². The van der Waals surface area contributed by atoms with E-state index in [4.69, 9.17) is 9.15 Å². The molecule has 4 rings (SSSR count). The van der Waals surface area contributed by atoms with Gasteiger partial charge in [0.05, 0.1) is 12.7 Å². The van der Waals surface area contributed by atoms with E-state index >= 15 is 0 Å². The van der Waals surface area contributed by atoms with Crippen LogP contribution in [0, 0.1) is 0 Å². The topological polar surface area (TPSA) is 56.5 Å². The van der Waals surface area contributed by atoms with Crippen LogP contribution >= 0.6 is 0 Å². The van der Waals surface area contributed by atoms with E-state index in [9.17, 15) is 9.59 Å². The molecular weight excluding hydrogens is 292 g/mol. The smallest absolute Gasteiger partial charge is 0.229 e. The monoisotopic (exact) mass is 304 g/mol. The zero-order valence-corrected chi connectivity index (χ0v) is 12.3. The number of benzene rings is 2. The lowest BCUT2D eigenvalue weighted by Crippen LogP contribution is -2.18. The summed E-state index contributed by atoms with van der Waals surface area (Å²) in [6.45, 7) is 0. The SMILES string of the molecule is COc1ccc(-c2cc3c(o2)C(=O)c2ccccc2C3=O)cc1. The number of ether oxygens (including phenoxy) is 1. The summed E-state index contributed by atoms with van der Waals surface area (Å²) in [5.74, 6) is 0.893. The van der Waals surface area contributed by atoms with Gasteiger partial charge < -0.3 is 9.15 Å². The molecule has 0 fully saturated rings. The van der Waals surface area contributed by atoms with E-state index in [0.29, 0.717) is 22.5 Å². The highest BCUT2D eigenvalue weighted by atomic mass is 16.5. The largest absolute Gasteiger partial charge is 0.497 e. The average molecular weight is 304 g/mol. The van der Waals surface area contributed by atoms with Gasteiger partial charge in [-0.2, -0.15) is 0 Å². The number of ketones is 2. The first kappa shape index (κ1) is 13.5. The second kappa shape index (κ2) is 4.95. The Morgan fingerprint density at radius 1 is 0.826 bits per heavy atom. The quantitative estimate of drug-likeness (QED) is 0.566. The molecule has 1 aliphatic rings. The van der Waals surface area contributed by atoms with Gasteiger partial charge in [0.2, 0.25) is 5.78 Å². The van der Waals surface area contributed by atoms with Crippen LogP contribution in [-0.2, 0) is 0 Å². The Hall–Kier alpha value is -3.14. The summed E-state index contributed by atoms with van der Waals surface area (Å²) >= 11 is 0. The minimum Gasteiger partial charge on any atom is -0.497 e. The first-order valence-electron chi connectivity index (χ1n) is 7.15. The van der Waals surface area contributed by atoms with E-state index in [0.717, 1.165) is 11.3 Å². The lowest BCUT2D eigenvalue weighted by atomic mass is 9.88. The van der Waals surface area contributed by atoms with Crippen molar-refractivity contribution in [2.75, 3.05) is 7.11 Å². The minimum absolute atomic E-state index is 0.111. The highest BCUT2D eigenvalue weighted by molar-refractivity contribution is 6.27. The van der Waals surface area contributed by atoms with Crippen molar-refractivity contribution >= 4 is 11.6 Å².